The molecular formula is C17H30N2O. The van der Waals surface area contributed by atoms with Gasteiger partial charge < -0.3 is 10.6 Å². The standard InChI is InChI=1S/C17H30N2O/c18-15-9-7-13(8-10-15)12-17(20)19-11-3-6-16(19)14-4-1-2-5-14/h13-16H,1-12,18H2. The Bertz CT molecular complexity index is 330. The van der Waals surface area contributed by atoms with Gasteiger partial charge in [-0.3, -0.25) is 4.79 Å². The van der Waals surface area contributed by atoms with Crippen molar-refractivity contribution in [2.45, 2.75) is 82.7 Å². The van der Waals surface area contributed by atoms with E-state index in [9.17, 15) is 4.79 Å². The fraction of sp³-hybridized carbons (Fsp3) is 0.941. The molecule has 1 heterocycles. The summed E-state index contributed by atoms with van der Waals surface area (Å²) in [6, 6.07) is 0.968. The predicted octanol–water partition coefficient (Wildman–Crippen LogP) is 3.08. The number of carbonyl (C=O) groups excluding carboxylic acids is 1. The molecule has 2 saturated carbocycles. The quantitative estimate of drug-likeness (QED) is 0.862. The van der Waals surface area contributed by atoms with Crippen LogP contribution in [0.3, 0.4) is 0 Å². The molecule has 1 aliphatic heterocycles. The van der Waals surface area contributed by atoms with Gasteiger partial charge in [-0.1, -0.05) is 12.8 Å². The van der Waals surface area contributed by atoms with Crippen molar-refractivity contribution >= 4 is 5.91 Å². The smallest absolute Gasteiger partial charge is 0.223 e. The Morgan fingerprint density at radius 2 is 1.65 bits per heavy atom. The summed E-state index contributed by atoms with van der Waals surface area (Å²) in [5.41, 5.74) is 5.96. The lowest BCUT2D eigenvalue weighted by Gasteiger charge is -2.32. The van der Waals surface area contributed by atoms with Gasteiger partial charge in [0.25, 0.3) is 0 Å². The number of nitrogens with zero attached hydrogens (tertiary/aromatic N) is 1. The molecule has 3 fully saturated rings. The number of hydrogen-bond donors (Lipinski definition) is 1. The lowest BCUT2D eigenvalue weighted by atomic mass is 9.84. The normalized spacial score (nSPS) is 35.6. The van der Waals surface area contributed by atoms with Gasteiger partial charge in [-0.2, -0.15) is 0 Å². The molecule has 2 N–H and O–H groups in total. The summed E-state index contributed by atoms with van der Waals surface area (Å²) in [4.78, 5) is 14.9. The van der Waals surface area contributed by atoms with E-state index in [1.807, 2.05) is 0 Å². The van der Waals surface area contributed by atoms with Gasteiger partial charge in [0.1, 0.15) is 0 Å². The highest BCUT2D eigenvalue weighted by atomic mass is 16.2. The van der Waals surface area contributed by atoms with E-state index < -0.39 is 0 Å². The number of carbonyl (C=O) groups is 1. The topological polar surface area (TPSA) is 46.3 Å². The van der Waals surface area contributed by atoms with E-state index in [-0.39, 0.29) is 0 Å². The molecule has 1 amide bonds. The Balaban J connectivity index is 1.53. The van der Waals surface area contributed by atoms with Crippen molar-refractivity contribution in [3.8, 4) is 0 Å². The average molecular weight is 278 g/mol. The van der Waals surface area contributed by atoms with E-state index in [0.29, 0.717) is 23.9 Å². The third-order valence-electron chi connectivity index (χ3n) is 5.92. The molecule has 1 saturated heterocycles. The van der Waals surface area contributed by atoms with Crippen molar-refractivity contribution in [1.82, 2.24) is 4.90 Å². The lowest BCUT2D eigenvalue weighted by molar-refractivity contribution is -0.134. The van der Waals surface area contributed by atoms with Gasteiger partial charge in [0.05, 0.1) is 0 Å². The van der Waals surface area contributed by atoms with Crippen LogP contribution in [0.4, 0.5) is 0 Å². The summed E-state index contributed by atoms with van der Waals surface area (Å²) < 4.78 is 0. The minimum Gasteiger partial charge on any atom is -0.339 e. The Kier molecular flexibility index (Phi) is 4.65. The van der Waals surface area contributed by atoms with Crippen LogP contribution in [0.15, 0.2) is 0 Å². The van der Waals surface area contributed by atoms with Crippen molar-refractivity contribution in [2.75, 3.05) is 6.54 Å². The highest BCUT2D eigenvalue weighted by molar-refractivity contribution is 5.77. The second-order valence-corrected chi connectivity index (χ2v) is 7.33. The molecule has 0 aromatic rings. The molecule has 0 aromatic carbocycles. The van der Waals surface area contributed by atoms with Gasteiger partial charge in [0.15, 0.2) is 0 Å². The molecule has 1 atom stereocenters. The van der Waals surface area contributed by atoms with Crippen LogP contribution >= 0.6 is 0 Å². The van der Waals surface area contributed by atoms with Crippen LogP contribution in [0.5, 0.6) is 0 Å². The molecule has 0 aromatic heterocycles. The fourth-order valence-electron chi connectivity index (χ4n) is 4.69. The highest BCUT2D eigenvalue weighted by Crippen LogP contribution is 2.36. The largest absolute Gasteiger partial charge is 0.339 e. The number of hydrogen-bond acceptors (Lipinski definition) is 2. The molecule has 3 aliphatic rings. The van der Waals surface area contributed by atoms with E-state index in [1.54, 1.807) is 0 Å². The summed E-state index contributed by atoms with van der Waals surface area (Å²) >= 11 is 0. The van der Waals surface area contributed by atoms with E-state index in [0.717, 1.165) is 44.6 Å². The summed E-state index contributed by atoms with van der Waals surface area (Å²) in [5.74, 6) is 1.85. The fourth-order valence-corrected chi connectivity index (χ4v) is 4.69. The van der Waals surface area contributed by atoms with E-state index in [1.165, 1.54) is 38.5 Å². The van der Waals surface area contributed by atoms with Crippen LogP contribution in [-0.4, -0.2) is 29.4 Å². The molecule has 3 rings (SSSR count). The monoisotopic (exact) mass is 278 g/mol. The average Bonchev–Trinajstić information content (AvgIpc) is 3.11. The minimum absolute atomic E-state index is 0.388. The first-order valence-electron chi connectivity index (χ1n) is 8.79. The molecule has 3 nitrogen and oxygen atoms in total. The van der Waals surface area contributed by atoms with E-state index in [4.69, 9.17) is 5.73 Å². The van der Waals surface area contributed by atoms with Gasteiger partial charge in [-0.25, -0.2) is 0 Å². The molecule has 20 heavy (non-hydrogen) atoms. The second kappa shape index (κ2) is 6.46. The second-order valence-electron chi connectivity index (χ2n) is 7.33. The van der Waals surface area contributed by atoms with Crippen molar-refractivity contribution < 1.29 is 4.79 Å². The SMILES string of the molecule is NC1CCC(CC(=O)N2CCCC2C2CCCC2)CC1. The van der Waals surface area contributed by atoms with Crippen LogP contribution in [-0.2, 0) is 4.79 Å². The lowest BCUT2D eigenvalue weighted by Crippen LogP contribution is -2.40. The van der Waals surface area contributed by atoms with Crippen LogP contribution in [0.25, 0.3) is 0 Å². The van der Waals surface area contributed by atoms with Gasteiger partial charge in [-0.05, 0) is 63.2 Å². The van der Waals surface area contributed by atoms with Crippen LogP contribution in [0.2, 0.25) is 0 Å². The van der Waals surface area contributed by atoms with Crippen LogP contribution in [0.1, 0.15) is 70.6 Å². The van der Waals surface area contributed by atoms with Crippen molar-refractivity contribution in [2.24, 2.45) is 17.6 Å². The number of nitrogens with two attached hydrogens (primary N) is 1. The molecular weight excluding hydrogens is 248 g/mol. The van der Waals surface area contributed by atoms with Crippen molar-refractivity contribution in [1.29, 1.82) is 0 Å². The third kappa shape index (κ3) is 3.19. The van der Waals surface area contributed by atoms with Gasteiger partial charge in [0, 0.05) is 25.0 Å². The molecule has 0 bridgehead atoms. The van der Waals surface area contributed by atoms with Crippen molar-refractivity contribution in [3.63, 3.8) is 0 Å². The summed E-state index contributed by atoms with van der Waals surface area (Å²) in [6.07, 6.45) is 13.3. The Morgan fingerprint density at radius 3 is 2.35 bits per heavy atom. The van der Waals surface area contributed by atoms with Crippen LogP contribution < -0.4 is 5.73 Å². The summed E-state index contributed by atoms with van der Waals surface area (Å²) in [7, 11) is 0. The molecule has 3 heteroatoms. The summed E-state index contributed by atoms with van der Waals surface area (Å²) in [6.45, 7) is 1.02. The first kappa shape index (κ1) is 14.4. The Morgan fingerprint density at radius 1 is 0.950 bits per heavy atom. The van der Waals surface area contributed by atoms with Gasteiger partial charge in [-0.15, -0.1) is 0 Å². The molecule has 0 radical (unpaired) electrons. The first-order chi connectivity index (χ1) is 9.74. The highest BCUT2D eigenvalue weighted by Gasteiger charge is 2.36. The molecule has 1 unspecified atom stereocenters. The van der Waals surface area contributed by atoms with E-state index in [2.05, 4.69) is 4.90 Å². The Hall–Kier alpha value is -0.570. The first-order valence-corrected chi connectivity index (χ1v) is 8.79. The molecule has 114 valence electrons. The number of rotatable bonds is 3. The maximum absolute atomic E-state index is 12.7. The van der Waals surface area contributed by atoms with E-state index >= 15 is 0 Å². The molecule has 0 spiro atoms. The zero-order valence-electron chi connectivity index (χ0n) is 12.7. The number of likely N-dealkylation sites (tertiary alicyclic amines) is 1. The van der Waals surface area contributed by atoms with Crippen molar-refractivity contribution in [3.05, 3.63) is 0 Å². The maximum Gasteiger partial charge on any atom is 0.223 e. The minimum atomic E-state index is 0.388. The zero-order chi connectivity index (χ0) is 13.9. The Labute approximate surface area is 123 Å². The number of amides is 1. The van der Waals surface area contributed by atoms with Gasteiger partial charge in [0.2, 0.25) is 5.91 Å². The zero-order valence-corrected chi connectivity index (χ0v) is 12.7. The maximum atomic E-state index is 12.7. The van der Waals surface area contributed by atoms with Gasteiger partial charge >= 0.3 is 0 Å². The third-order valence-corrected chi connectivity index (χ3v) is 5.92. The van der Waals surface area contributed by atoms with Crippen LogP contribution in [0, 0.1) is 11.8 Å². The molecule has 2 aliphatic carbocycles. The predicted molar refractivity (Wildman–Crippen MR) is 81.2 cm³/mol. The summed E-state index contributed by atoms with van der Waals surface area (Å²) in [5, 5.41) is 0.